The van der Waals surface area contributed by atoms with E-state index in [1.165, 1.54) is 23.9 Å². The number of nitrogens with zero attached hydrogens (tertiary/aromatic N) is 3. The summed E-state index contributed by atoms with van der Waals surface area (Å²) in [6.07, 6.45) is 2.80. The molecule has 0 radical (unpaired) electrons. The van der Waals surface area contributed by atoms with Crippen LogP contribution in [-0.2, 0) is 16.6 Å². The summed E-state index contributed by atoms with van der Waals surface area (Å²) in [6.45, 7) is 0.108. The third-order valence-electron chi connectivity index (χ3n) is 3.19. The van der Waals surface area contributed by atoms with Crippen molar-refractivity contribution in [2.75, 3.05) is 12.8 Å². The second-order valence-electron chi connectivity index (χ2n) is 4.65. The number of benzene rings is 1. The van der Waals surface area contributed by atoms with Crippen molar-refractivity contribution in [2.45, 2.75) is 11.4 Å². The number of anilines is 1. The van der Waals surface area contributed by atoms with Crippen molar-refractivity contribution in [1.29, 1.82) is 0 Å². The Bertz CT molecular complexity index is 868. The van der Waals surface area contributed by atoms with Crippen molar-refractivity contribution in [1.82, 2.24) is 24.5 Å². The van der Waals surface area contributed by atoms with Crippen molar-refractivity contribution < 1.29 is 8.42 Å². The average Bonchev–Trinajstić information content (AvgIpc) is 3.07. The molecule has 1 aromatic carbocycles. The summed E-state index contributed by atoms with van der Waals surface area (Å²) in [7, 11) is -2.17. The maximum absolute atomic E-state index is 12.6. The highest BCUT2D eigenvalue weighted by molar-refractivity contribution is 7.89. The summed E-state index contributed by atoms with van der Waals surface area (Å²) in [5.41, 5.74) is 6.96. The largest absolute Gasteiger partial charge is 0.399 e. The van der Waals surface area contributed by atoms with Gasteiger partial charge < -0.3 is 10.7 Å². The van der Waals surface area contributed by atoms with E-state index in [4.69, 9.17) is 5.73 Å². The fourth-order valence-corrected chi connectivity index (χ4v) is 3.38. The first-order chi connectivity index (χ1) is 9.98. The van der Waals surface area contributed by atoms with E-state index in [0.29, 0.717) is 16.9 Å². The Hall–Kier alpha value is -2.39. The lowest BCUT2D eigenvalue weighted by molar-refractivity contribution is 0.458. The first kappa shape index (κ1) is 13.6. The van der Waals surface area contributed by atoms with Crippen molar-refractivity contribution in [2.24, 2.45) is 0 Å². The van der Waals surface area contributed by atoms with Crippen LogP contribution in [0, 0.1) is 0 Å². The Morgan fingerprint density at radius 3 is 2.90 bits per heavy atom. The number of H-pyrrole nitrogens is 2. The van der Waals surface area contributed by atoms with E-state index in [9.17, 15) is 8.42 Å². The normalized spacial score (nSPS) is 12.3. The average molecular weight is 306 g/mol. The van der Waals surface area contributed by atoms with E-state index < -0.39 is 10.0 Å². The smallest absolute Gasteiger partial charge is 0.245 e. The molecular weight excluding hydrogens is 292 g/mol. The van der Waals surface area contributed by atoms with Crippen LogP contribution in [0.3, 0.4) is 0 Å². The topological polar surface area (TPSA) is 121 Å². The summed E-state index contributed by atoms with van der Waals surface area (Å²) < 4.78 is 26.5. The van der Waals surface area contributed by atoms with Crippen LogP contribution in [0.5, 0.6) is 0 Å². The minimum Gasteiger partial charge on any atom is -0.399 e. The molecule has 0 atom stereocenters. The first-order valence-corrected chi connectivity index (χ1v) is 7.59. The molecule has 0 amide bonds. The quantitative estimate of drug-likeness (QED) is 0.612. The van der Waals surface area contributed by atoms with Crippen LogP contribution in [0.4, 0.5) is 5.69 Å². The number of nitrogens with one attached hydrogen (secondary N) is 2. The van der Waals surface area contributed by atoms with E-state index >= 15 is 0 Å². The highest BCUT2D eigenvalue weighted by Crippen LogP contribution is 2.27. The number of hydrogen-bond acceptors (Lipinski definition) is 5. The Morgan fingerprint density at radius 1 is 1.38 bits per heavy atom. The molecule has 0 spiro atoms. The molecule has 0 saturated heterocycles. The minimum absolute atomic E-state index is 0.108. The molecule has 110 valence electrons. The molecule has 0 saturated carbocycles. The third-order valence-corrected chi connectivity index (χ3v) is 5.04. The SMILES string of the molecule is CN(Cc1ncn[nH]1)S(=O)(=O)c1c[nH]c2ccc(N)cc12. The van der Waals surface area contributed by atoms with Gasteiger partial charge in [-0.25, -0.2) is 13.4 Å². The molecule has 8 nitrogen and oxygen atoms in total. The second-order valence-corrected chi connectivity index (χ2v) is 6.66. The summed E-state index contributed by atoms with van der Waals surface area (Å²) in [5, 5.41) is 6.91. The minimum atomic E-state index is -3.66. The number of rotatable bonds is 4. The van der Waals surface area contributed by atoms with Crippen LogP contribution in [-0.4, -0.2) is 39.9 Å². The Balaban J connectivity index is 2.01. The number of fused-ring (bicyclic) bond motifs is 1. The van der Waals surface area contributed by atoms with E-state index in [2.05, 4.69) is 20.2 Å². The van der Waals surface area contributed by atoms with Gasteiger partial charge in [0.25, 0.3) is 0 Å². The van der Waals surface area contributed by atoms with Gasteiger partial charge in [0.1, 0.15) is 17.0 Å². The summed E-state index contributed by atoms with van der Waals surface area (Å²) in [4.78, 5) is 7.05. The molecule has 0 bridgehead atoms. The maximum atomic E-state index is 12.6. The fraction of sp³-hybridized carbons (Fsp3) is 0.167. The van der Waals surface area contributed by atoms with Crippen molar-refractivity contribution >= 4 is 26.6 Å². The molecule has 0 aliphatic carbocycles. The number of nitrogen functional groups attached to an aromatic ring is 1. The fourth-order valence-electron chi connectivity index (χ4n) is 2.10. The van der Waals surface area contributed by atoms with E-state index in [1.54, 1.807) is 18.2 Å². The van der Waals surface area contributed by atoms with Gasteiger partial charge in [0.15, 0.2) is 0 Å². The second kappa shape index (κ2) is 4.86. The van der Waals surface area contributed by atoms with Gasteiger partial charge in [0.05, 0.1) is 6.54 Å². The van der Waals surface area contributed by atoms with Gasteiger partial charge in [-0.3, -0.25) is 5.10 Å². The molecule has 0 unspecified atom stereocenters. The van der Waals surface area contributed by atoms with Gasteiger partial charge in [-0.05, 0) is 18.2 Å². The van der Waals surface area contributed by atoms with Crippen molar-refractivity contribution in [3.8, 4) is 0 Å². The zero-order valence-electron chi connectivity index (χ0n) is 11.2. The van der Waals surface area contributed by atoms with Gasteiger partial charge in [0.2, 0.25) is 10.0 Å². The van der Waals surface area contributed by atoms with Gasteiger partial charge >= 0.3 is 0 Å². The molecule has 2 aromatic heterocycles. The molecule has 0 fully saturated rings. The third kappa shape index (κ3) is 2.36. The molecule has 2 heterocycles. The Kier molecular flexibility index (Phi) is 3.15. The van der Waals surface area contributed by atoms with Crippen molar-refractivity contribution in [3.63, 3.8) is 0 Å². The van der Waals surface area contributed by atoms with Gasteiger partial charge in [-0.1, -0.05) is 0 Å². The zero-order chi connectivity index (χ0) is 15.0. The molecule has 21 heavy (non-hydrogen) atoms. The molecule has 3 aromatic rings. The molecular formula is C12H14N6O2S. The van der Waals surface area contributed by atoms with Gasteiger partial charge in [0, 0.05) is 29.8 Å². The number of sulfonamides is 1. The van der Waals surface area contributed by atoms with Crippen LogP contribution in [0.15, 0.2) is 35.6 Å². The highest BCUT2D eigenvalue weighted by atomic mass is 32.2. The molecule has 3 rings (SSSR count). The number of aromatic amines is 2. The van der Waals surface area contributed by atoms with Crippen LogP contribution in [0.2, 0.25) is 0 Å². The number of nitrogens with two attached hydrogens (primary N) is 1. The summed E-state index contributed by atoms with van der Waals surface area (Å²) >= 11 is 0. The first-order valence-electron chi connectivity index (χ1n) is 6.15. The van der Waals surface area contributed by atoms with Gasteiger partial charge in [-0.2, -0.15) is 9.40 Å². The van der Waals surface area contributed by atoms with E-state index in [-0.39, 0.29) is 11.4 Å². The lowest BCUT2D eigenvalue weighted by Crippen LogP contribution is -2.26. The van der Waals surface area contributed by atoms with Crippen LogP contribution in [0.1, 0.15) is 5.82 Å². The molecule has 0 aliphatic rings. The predicted octanol–water partition coefficient (Wildman–Crippen LogP) is 0.689. The summed E-state index contributed by atoms with van der Waals surface area (Å²) in [5.74, 6) is 0.473. The number of hydrogen-bond donors (Lipinski definition) is 3. The van der Waals surface area contributed by atoms with Crippen LogP contribution < -0.4 is 5.73 Å². The Labute approximate surface area is 121 Å². The highest BCUT2D eigenvalue weighted by Gasteiger charge is 2.25. The van der Waals surface area contributed by atoms with Crippen molar-refractivity contribution in [3.05, 3.63) is 36.5 Å². The zero-order valence-corrected chi connectivity index (χ0v) is 12.1. The molecule has 9 heteroatoms. The lowest BCUT2D eigenvalue weighted by Gasteiger charge is -2.15. The van der Waals surface area contributed by atoms with E-state index in [0.717, 1.165) is 5.52 Å². The van der Waals surface area contributed by atoms with Crippen LogP contribution in [0.25, 0.3) is 10.9 Å². The lowest BCUT2D eigenvalue weighted by atomic mass is 10.2. The van der Waals surface area contributed by atoms with Gasteiger partial charge in [-0.15, -0.1) is 0 Å². The number of aromatic nitrogens is 4. The molecule has 0 aliphatic heterocycles. The maximum Gasteiger partial charge on any atom is 0.245 e. The monoisotopic (exact) mass is 306 g/mol. The Morgan fingerprint density at radius 2 is 2.19 bits per heavy atom. The standard InChI is InChI=1S/C12H14N6O2S/c1-18(6-12-15-7-16-17-12)21(19,20)11-5-14-10-3-2-8(13)4-9(10)11/h2-5,7,14H,6,13H2,1H3,(H,15,16,17). The summed E-state index contributed by atoms with van der Waals surface area (Å²) in [6, 6.07) is 5.11. The van der Waals surface area contributed by atoms with E-state index in [1.807, 2.05) is 0 Å². The molecule has 4 N–H and O–H groups in total. The van der Waals surface area contributed by atoms with Crippen LogP contribution >= 0.6 is 0 Å². The predicted molar refractivity (Wildman–Crippen MR) is 77.7 cm³/mol.